The van der Waals surface area contributed by atoms with E-state index < -0.39 is 0 Å². The van der Waals surface area contributed by atoms with Crippen molar-refractivity contribution in [3.8, 4) is 56.4 Å². The number of aromatic nitrogens is 3. The number of benzene rings is 7. The van der Waals surface area contributed by atoms with Gasteiger partial charge in [-0.15, -0.1) is 11.3 Å². The van der Waals surface area contributed by atoms with Crippen molar-refractivity contribution in [2.24, 2.45) is 0 Å². The minimum atomic E-state index is 0.630. The first-order chi connectivity index (χ1) is 24.7. The van der Waals surface area contributed by atoms with E-state index in [-0.39, 0.29) is 0 Å². The van der Waals surface area contributed by atoms with E-state index in [1.54, 1.807) is 11.3 Å². The van der Waals surface area contributed by atoms with Crippen molar-refractivity contribution in [2.75, 3.05) is 0 Å². The van der Waals surface area contributed by atoms with Crippen molar-refractivity contribution in [1.29, 1.82) is 0 Å². The Morgan fingerprint density at radius 3 is 1.78 bits per heavy atom. The molecule has 4 nitrogen and oxygen atoms in total. The molecule has 5 heteroatoms. The second-order valence-corrected chi connectivity index (χ2v) is 13.5. The summed E-state index contributed by atoms with van der Waals surface area (Å²) in [5.74, 6) is 1.93. The van der Waals surface area contributed by atoms with Gasteiger partial charge in [-0.05, 0) is 58.7 Å². The molecule has 0 bridgehead atoms. The van der Waals surface area contributed by atoms with Gasteiger partial charge in [-0.3, -0.25) is 0 Å². The fourth-order valence-electron chi connectivity index (χ4n) is 6.87. The van der Waals surface area contributed by atoms with E-state index in [1.165, 1.54) is 26.6 Å². The van der Waals surface area contributed by atoms with Gasteiger partial charge in [0.05, 0.1) is 0 Å². The number of nitrogens with zero attached hydrogens (tertiary/aromatic N) is 3. The third-order valence-electron chi connectivity index (χ3n) is 9.35. The van der Waals surface area contributed by atoms with Crippen LogP contribution in [0, 0.1) is 0 Å². The van der Waals surface area contributed by atoms with Crippen LogP contribution in [-0.4, -0.2) is 15.0 Å². The monoisotopic (exact) mass is 657 g/mol. The summed E-state index contributed by atoms with van der Waals surface area (Å²) in [5.41, 5.74) is 9.18. The highest BCUT2D eigenvalue weighted by molar-refractivity contribution is 7.26. The predicted octanol–water partition coefficient (Wildman–Crippen LogP) is 12.5. The van der Waals surface area contributed by atoms with Crippen LogP contribution in [0.4, 0.5) is 0 Å². The minimum absolute atomic E-state index is 0.630. The molecule has 0 amide bonds. The Balaban J connectivity index is 1.12. The smallest absolute Gasteiger partial charge is 0.165 e. The average Bonchev–Trinajstić information content (AvgIpc) is 3.76. The molecule has 0 unspecified atom stereocenters. The van der Waals surface area contributed by atoms with Crippen molar-refractivity contribution in [3.05, 3.63) is 164 Å². The van der Waals surface area contributed by atoms with Gasteiger partial charge in [0.25, 0.3) is 0 Å². The quantitative estimate of drug-likeness (QED) is 0.185. The summed E-state index contributed by atoms with van der Waals surface area (Å²) in [5, 5.41) is 4.67. The standard InChI is InChI=1S/C45H27N3OS/c1-3-11-28(12-4-1)32-22-24-36-37-18-10-19-38(42(37)50-41(36)27-32)45-47-43(29-13-5-2-6-14-29)46-44(48-45)33-16-9-15-30(25-33)31-21-23-35-34-17-7-8-20-39(34)49-40(35)26-31/h1-27H. The van der Waals surface area contributed by atoms with E-state index in [2.05, 4.69) is 115 Å². The number of rotatable bonds is 5. The molecule has 0 fully saturated rings. The van der Waals surface area contributed by atoms with Gasteiger partial charge >= 0.3 is 0 Å². The lowest BCUT2D eigenvalue weighted by molar-refractivity contribution is 0.669. The summed E-state index contributed by atoms with van der Waals surface area (Å²) in [6, 6.07) is 56.9. The molecule has 50 heavy (non-hydrogen) atoms. The molecule has 3 heterocycles. The van der Waals surface area contributed by atoms with Crippen LogP contribution < -0.4 is 0 Å². The van der Waals surface area contributed by atoms with Crippen molar-refractivity contribution in [2.45, 2.75) is 0 Å². The second-order valence-electron chi connectivity index (χ2n) is 12.4. The summed E-state index contributed by atoms with van der Waals surface area (Å²) in [6.45, 7) is 0. The molecule has 0 N–H and O–H groups in total. The zero-order valence-electron chi connectivity index (χ0n) is 26.7. The molecule has 7 aromatic carbocycles. The van der Waals surface area contributed by atoms with Gasteiger partial charge in [-0.2, -0.15) is 0 Å². The molecular weight excluding hydrogens is 631 g/mol. The fraction of sp³-hybridized carbons (Fsp3) is 0. The van der Waals surface area contributed by atoms with Gasteiger partial charge in [0.2, 0.25) is 0 Å². The molecule has 10 rings (SSSR count). The van der Waals surface area contributed by atoms with Crippen LogP contribution in [0.1, 0.15) is 0 Å². The van der Waals surface area contributed by atoms with E-state index in [9.17, 15) is 0 Å². The van der Waals surface area contributed by atoms with Gasteiger partial charge in [-0.25, -0.2) is 15.0 Å². The average molecular weight is 658 g/mol. The molecule has 0 spiro atoms. The third kappa shape index (κ3) is 4.87. The number of hydrogen-bond donors (Lipinski definition) is 0. The molecule has 234 valence electrons. The third-order valence-corrected chi connectivity index (χ3v) is 10.5. The summed E-state index contributed by atoms with van der Waals surface area (Å²) in [6.07, 6.45) is 0. The summed E-state index contributed by atoms with van der Waals surface area (Å²) in [4.78, 5) is 15.3. The maximum Gasteiger partial charge on any atom is 0.165 e. The zero-order chi connectivity index (χ0) is 33.0. The number of fused-ring (bicyclic) bond motifs is 6. The Bertz CT molecular complexity index is 2870. The van der Waals surface area contributed by atoms with Crippen LogP contribution in [0.2, 0.25) is 0 Å². The Labute approximate surface area is 292 Å². The van der Waals surface area contributed by atoms with Crippen molar-refractivity contribution in [1.82, 2.24) is 15.0 Å². The van der Waals surface area contributed by atoms with Crippen LogP contribution >= 0.6 is 11.3 Å². The summed E-state index contributed by atoms with van der Waals surface area (Å²) < 4.78 is 8.61. The Kier molecular flexibility index (Phi) is 6.64. The first-order valence-electron chi connectivity index (χ1n) is 16.6. The molecule has 0 saturated heterocycles. The lowest BCUT2D eigenvalue weighted by atomic mass is 10.0. The lowest BCUT2D eigenvalue weighted by Crippen LogP contribution is -2.00. The first kappa shape index (κ1) is 28.6. The van der Waals surface area contributed by atoms with Crippen molar-refractivity contribution >= 4 is 53.4 Å². The van der Waals surface area contributed by atoms with Gasteiger partial charge in [0, 0.05) is 47.6 Å². The van der Waals surface area contributed by atoms with E-state index in [0.29, 0.717) is 17.5 Å². The highest BCUT2D eigenvalue weighted by atomic mass is 32.1. The second kappa shape index (κ2) is 11.6. The fourth-order valence-corrected chi connectivity index (χ4v) is 8.12. The van der Waals surface area contributed by atoms with Crippen LogP contribution in [0.15, 0.2) is 168 Å². The van der Waals surface area contributed by atoms with Crippen molar-refractivity contribution in [3.63, 3.8) is 0 Å². The minimum Gasteiger partial charge on any atom is -0.456 e. The molecule has 0 radical (unpaired) electrons. The van der Waals surface area contributed by atoms with Gasteiger partial charge < -0.3 is 4.42 Å². The van der Waals surface area contributed by atoms with Crippen LogP contribution in [0.3, 0.4) is 0 Å². The summed E-state index contributed by atoms with van der Waals surface area (Å²) >= 11 is 1.79. The highest BCUT2D eigenvalue weighted by Gasteiger charge is 2.17. The largest absolute Gasteiger partial charge is 0.456 e. The SMILES string of the molecule is c1ccc(-c2ccc3c(c2)sc2c(-c4nc(-c5ccccc5)nc(-c5cccc(-c6ccc7c(c6)oc6ccccc67)c5)n4)cccc23)cc1. The Morgan fingerprint density at radius 2 is 0.940 bits per heavy atom. The predicted molar refractivity (Wildman–Crippen MR) is 207 cm³/mol. The Morgan fingerprint density at radius 1 is 0.360 bits per heavy atom. The molecule has 0 atom stereocenters. The Hall–Kier alpha value is -6.43. The number of furan rings is 1. The van der Waals surface area contributed by atoms with Crippen LogP contribution in [0.5, 0.6) is 0 Å². The van der Waals surface area contributed by atoms with E-state index in [0.717, 1.165) is 54.5 Å². The maximum atomic E-state index is 6.21. The van der Waals surface area contributed by atoms with Gasteiger partial charge in [-0.1, -0.05) is 127 Å². The molecule has 0 aliphatic heterocycles. The van der Waals surface area contributed by atoms with E-state index >= 15 is 0 Å². The number of para-hydroxylation sites is 1. The topological polar surface area (TPSA) is 51.8 Å². The van der Waals surface area contributed by atoms with Crippen LogP contribution in [-0.2, 0) is 0 Å². The van der Waals surface area contributed by atoms with Crippen LogP contribution in [0.25, 0.3) is 98.5 Å². The lowest BCUT2D eigenvalue weighted by Gasteiger charge is -2.10. The number of thiophene rings is 1. The van der Waals surface area contributed by atoms with E-state index in [1.807, 2.05) is 48.5 Å². The molecule has 10 aromatic rings. The normalized spacial score (nSPS) is 11.6. The van der Waals surface area contributed by atoms with Gasteiger partial charge in [0.15, 0.2) is 17.5 Å². The van der Waals surface area contributed by atoms with E-state index in [4.69, 9.17) is 19.4 Å². The molecule has 0 aliphatic carbocycles. The summed E-state index contributed by atoms with van der Waals surface area (Å²) in [7, 11) is 0. The molecule has 0 saturated carbocycles. The molecule has 0 aliphatic rings. The zero-order valence-corrected chi connectivity index (χ0v) is 27.6. The maximum absolute atomic E-state index is 6.21. The number of hydrogen-bond acceptors (Lipinski definition) is 5. The highest BCUT2D eigenvalue weighted by Crippen LogP contribution is 2.41. The van der Waals surface area contributed by atoms with Gasteiger partial charge in [0.1, 0.15) is 11.2 Å². The molecule has 3 aromatic heterocycles. The first-order valence-corrected chi connectivity index (χ1v) is 17.4. The van der Waals surface area contributed by atoms with Crippen molar-refractivity contribution < 1.29 is 4.42 Å². The molecular formula is C45H27N3OS.